The molecular formula is C24H28F6N4O4. The normalized spacial score (nSPS) is 20.0. The van der Waals surface area contributed by atoms with Crippen LogP contribution in [0.15, 0.2) is 18.2 Å². The van der Waals surface area contributed by atoms with Gasteiger partial charge in [0.15, 0.2) is 11.8 Å². The summed E-state index contributed by atoms with van der Waals surface area (Å²) in [7, 11) is 0. The lowest BCUT2D eigenvalue weighted by Gasteiger charge is -2.31. The van der Waals surface area contributed by atoms with Crippen molar-refractivity contribution in [3.05, 3.63) is 52.2 Å². The third-order valence-electron chi connectivity index (χ3n) is 6.05. The summed E-state index contributed by atoms with van der Waals surface area (Å²) in [5, 5.41) is 4.89. The summed E-state index contributed by atoms with van der Waals surface area (Å²) >= 11 is 0. The molecule has 0 aliphatic carbocycles. The number of anilines is 1. The Balaban J connectivity index is 0.00000400. The Morgan fingerprint density at radius 1 is 1.18 bits per heavy atom. The van der Waals surface area contributed by atoms with Crippen molar-refractivity contribution in [3.63, 3.8) is 0 Å². The summed E-state index contributed by atoms with van der Waals surface area (Å²) in [5.41, 5.74) is -3.15. The SMILES string of the molecule is C.Cc1nc(CC(=O)NC2(C(F)(F)F)CCOC2)c(C2OCCO2)c(NCc2cccc(C(F)F)c2F)n1. The highest BCUT2D eigenvalue weighted by Crippen LogP contribution is 2.37. The Kier molecular flexibility index (Phi) is 9.21. The number of carbonyl (C=O) groups excluding carboxylic acids is 1. The molecule has 1 aromatic carbocycles. The first kappa shape index (κ1) is 29.6. The zero-order valence-electron chi connectivity index (χ0n) is 19.6. The third-order valence-corrected chi connectivity index (χ3v) is 6.05. The molecule has 4 rings (SSSR count). The van der Waals surface area contributed by atoms with Gasteiger partial charge in [-0.25, -0.2) is 23.1 Å². The molecular weight excluding hydrogens is 522 g/mol. The molecule has 2 aliphatic heterocycles. The maximum Gasteiger partial charge on any atom is 0.413 e. The molecule has 2 aromatic rings. The molecule has 0 radical (unpaired) electrons. The molecule has 2 aliphatic rings. The highest BCUT2D eigenvalue weighted by atomic mass is 19.4. The Morgan fingerprint density at radius 2 is 1.89 bits per heavy atom. The molecule has 1 amide bonds. The van der Waals surface area contributed by atoms with E-state index in [0.29, 0.717) is 0 Å². The summed E-state index contributed by atoms with van der Waals surface area (Å²) in [6.07, 6.45) is -9.78. The van der Waals surface area contributed by atoms with Gasteiger partial charge in [-0.3, -0.25) is 4.79 Å². The topological polar surface area (TPSA) is 94.6 Å². The van der Waals surface area contributed by atoms with Crippen LogP contribution in [0, 0.1) is 12.7 Å². The number of alkyl halides is 5. The first-order valence-electron chi connectivity index (χ1n) is 11.4. The van der Waals surface area contributed by atoms with Gasteiger partial charge in [-0.05, 0) is 6.92 Å². The molecule has 2 fully saturated rings. The minimum atomic E-state index is -4.73. The summed E-state index contributed by atoms with van der Waals surface area (Å²) < 4.78 is 97.7. The van der Waals surface area contributed by atoms with Crippen LogP contribution in [0.25, 0.3) is 0 Å². The zero-order chi connectivity index (χ0) is 26.8. The molecule has 210 valence electrons. The largest absolute Gasteiger partial charge is 0.413 e. The number of benzene rings is 1. The second-order valence-corrected chi connectivity index (χ2v) is 8.64. The first-order chi connectivity index (χ1) is 17.5. The van der Waals surface area contributed by atoms with Gasteiger partial charge in [0.2, 0.25) is 5.91 Å². The predicted molar refractivity (Wildman–Crippen MR) is 123 cm³/mol. The van der Waals surface area contributed by atoms with E-state index < -0.39 is 61.2 Å². The highest BCUT2D eigenvalue weighted by Gasteiger charge is 2.58. The van der Waals surface area contributed by atoms with Crippen molar-refractivity contribution in [2.24, 2.45) is 0 Å². The van der Waals surface area contributed by atoms with Crippen LogP contribution in [-0.4, -0.2) is 54.0 Å². The molecule has 2 saturated heterocycles. The van der Waals surface area contributed by atoms with E-state index in [1.165, 1.54) is 19.1 Å². The minimum Gasteiger partial charge on any atom is -0.379 e. The van der Waals surface area contributed by atoms with Gasteiger partial charge >= 0.3 is 6.18 Å². The van der Waals surface area contributed by atoms with Crippen LogP contribution < -0.4 is 10.6 Å². The van der Waals surface area contributed by atoms with Gasteiger partial charge < -0.3 is 24.8 Å². The lowest BCUT2D eigenvalue weighted by molar-refractivity contribution is -0.197. The Hall–Kier alpha value is -2.97. The highest BCUT2D eigenvalue weighted by molar-refractivity contribution is 5.80. The van der Waals surface area contributed by atoms with E-state index >= 15 is 0 Å². The molecule has 1 aromatic heterocycles. The molecule has 1 atom stereocenters. The quantitative estimate of drug-likeness (QED) is 0.467. The zero-order valence-corrected chi connectivity index (χ0v) is 19.6. The van der Waals surface area contributed by atoms with Crippen molar-refractivity contribution < 1.29 is 45.3 Å². The van der Waals surface area contributed by atoms with Crippen LogP contribution in [0.3, 0.4) is 0 Å². The second-order valence-electron chi connectivity index (χ2n) is 8.64. The molecule has 8 nitrogen and oxygen atoms in total. The number of carbonyl (C=O) groups is 1. The molecule has 3 heterocycles. The number of hydrogen-bond acceptors (Lipinski definition) is 7. The number of nitrogens with one attached hydrogen (secondary N) is 2. The molecule has 38 heavy (non-hydrogen) atoms. The maximum absolute atomic E-state index is 14.5. The van der Waals surface area contributed by atoms with Crippen LogP contribution in [0.4, 0.5) is 32.2 Å². The summed E-state index contributed by atoms with van der Waals surface area (Å²) in [6, 6.07) is 3.58. The fraction of sp³-hybridized carbons (Fsp3) is 0.542. The number of amides is 1. The third kappa shape index (κ3) is 6.18. The summed E-state index contributed by atoms with van der Waals surface area (Å²) in [4.78, 5) is 21.3. The smallest absolute Gasteiger partial charge is 0.379 e. The molecule has 0 bridgehead atoms. The van der Waals surface area contributed by atoms with Crippen LogP contribution in [0.2, 0.25) is 0 Å². The predicted octanol–water partition coefficient (Wildman–Crippen LogP) is 4.54. The summed E-state index contributed by atoms with van der Waals surface area (Å²) in [5.74, 6) is -1.81. The lowest BCUT2D eigenvalue weighted by Crippen LogP contribution is -2.59. The van der Waals surface area contributed by atoms with Gasteiger partial charge in [0.05, 0.1) is 43.1 Å². The molecule has 1 unspecified atom stereocenters. The number of halogens is 6. The average Bonchev–Trinajstić information content (AvgIpc) is 3.50. The number of aryl methyl sites for hydroxylation is 1. The van der Waals surface area contributed by atoms with E-state index in [1.807, 2.05) is 5.32 Å². The number of nitrogens with zero attached hydrogens (tertiary/aromatic N) is 2. The number of rotatable bonds is 8. The van der Waals surface area contributed by atoms with Gasteiger partial charge in [0.25, 0.3) is 6.43 Å². The molecule has 2 N–H and O–H groups in total. The van der Waals surface area contributed by atoms with E-state index in [0.717, 1.165) is 6.07 Å². The summed E-state index contributed by atoms with van der Waals surface area (Å²) in [6.45, 7) is 0.767. The van der Waals surface area contributed by atoms with Crippen LogP contribution >= 0.6 is 0 Å². The van der Waals surface area contributed by atoms with Gasteiger partial charge in [-0.2, -0.15) is 13.2 Å². The van der Waals surface area contributed by atoms with E-state index in [9.17, 15) is 31.1 Å². The van der Waals surface area contributed by atoms with Crippen molar-refractivity contribution in [2.75, 3.05) is 31.7 Å². The standard InChI is InChI=1S/C23H24F6N4O4.CH4/c1-12-31-15(9-16(34)33-22(23(27,28)29)5-6-35-11-22)17(21-36-7-8-37-21)20(32-12)30-10-13-3-2-4-14(18(13)24)19(25)26;/h2-4,19,21H,5-11H2,1H3,(H,33,34)(H,30,31,32);1H4. The number of aromatic nitrogens is 2. The van der Waals surface area contributed by atoms with Crippen molar-refractivity contribution in [1.29, 1.82) is 0 Å². The van der Waals surface area contributed by atoms with Gasteiger partial charge in [-0.1, -0.05) is 25.6 Å². The van der Waals surface area contributed by atoms with E-state index in [-0.39, 0.29) is 62.3 Å². The van der Waals surface area contributed by atoms with E-state index in [1.54, 1.807) is 0 Å². The van der Waals surface area contributed by atoms with Crippen molar-refractivity contribution >= 4 is 11.7 Å². The van der Waals surface area contributed by atoms with Gasteiger partial charge in [0.1, 0.15) is 17.5 Å². The number of hydrogen-bond donors (Lipinski definition) is 2. The van der Waals surface area contributed by atoms with Crippen LogP contribution in [-0.2, 0) is 32.0 Å². The van der Waals surface area contributed by atoms with Crippen molar-refractivity contribution in [1.82, 2.24) is 15.3 Å². The first-order valence-corrected chi connectivity index (χ1v) is 11.4. The lowest BCUT2D eigenvalue weighted by atomic mass is 9.97. The fourth-order valence-electron chi connectivity index (χ4n) is 4.19. The number of ether oxygens (including phenoxy) is 3. The van der Waals surface area contributed by atoms with Gasteiger partial charge in [-0.15, -0.1) is 0 Å². The maximum atomic E-state index is 14.5. The molecule has 0 spiro atoms. The van der Waals surface area contributed by atoms with Crippen molar-refractivity contribution in [3.8, 4) is 0 Å². The monoisotopic (exact) mass is 550 g/mol. The van der Waals surface area contributed by atoms with Crippen LogP contribution in [0.1, 0.15) is 54.8 Å². The second kappa shape index (κ2) is 11.8. The van der Waals surface area contributed by atoms with Gasteiger partial charge in [0, 0.05) is 25.1 Å². The Bertz CT molecular complexity index is 1140. The molecule has 14 heteroatoms. The minimum absolute atomic E-state index is 0. The van der Waals surface area contributed by atoms with Crippen LogP contribution in [0.5, 0.6) is 0 Å². The Morgan fingerprint density at radius 3 is 2.50 bits per heavy atom. The Labute approximate surface area is 215 Å². The van der Waals surface area contributed by atoms with Crippen molar-refractivity contribution in [2.45, 2.75) is 58.2 Å². The van der Waals surface area contributed by atoms with E-state index in [2.05, 4.69) is 15.3 Å². The average molecular weight is 551 g/mol. The molecule has 0 saturated carbocycles. The van der Waals surface area contributed by atoms with E-state index in [4.69, 9.17) is 14.2 Å². The fourth-order valence-corrected chi connectivity index (χ4v) is 4.19.